The van der Waals surface area contributed by atoms with Gasteiger partial charge in [0.05, 0.1) is 15.1 Å². The molecule has 0 saturated carbocycles. The van der Waals surface area contributed by atoms with E-state index in [0.717, 1.165) is 5.52 Å². The Morgan fingerprint density at radius 3 is 2.81 bits per heavy atom. The molecule has 3 aromatic rings. The van der Waals surface area contributed by atoms with Gasteiger partial charge in [-0.05, 0) is 23.8 Å². The fourth-order valence-corrected chi connectivity index (χ4v) is 3.75. The maximum absolute atomic E-state index is 12.3. The summed E-state index contributed by atoms with van der Waals surface area (Å²) in [4.78, 5) is 27.4. The monoisotopic (exact) mass is 399 g/mol. The summed E-state index contributed by atoms with van der Waals surface area (Å²) in [5, 5.41) is 11.5. The van der Waals surface area contributed by atoms with Gasteiger partial charge in [0.1, 0.15) is 0 Å². The number of nitrogens with zero attached hydrogens (tertiary/aromatic N) is 3. The molecule has 0 aliphatic rings. The van der Waals surface area contributed by atoms with E-state index >= 15 is 0 Å². The average molecular weight is 400 g/mol. The van der Waals surface area contributed by atoms with Crippen LogP contribution in [0.5, 0.6) is 0 Å². The topological polar surface area (TPSA) is 77.5 Å². The summed E-state index contributed by atoms with van der Waals surface area (Å²) in [6.07, 6.45) is 4.62. The van der Waals surface area contributed by atoms with Crippen LogP contribution in [-0.2, 0) is 11.3 Å². The average Bonchev–Trinajstić information content (AvgIpc) is 2.98. The number of nitro benzene ring substituents is 1. The molecular formula is C19H14ClN3O3S. The van der Waals surface area contributed by atoms with Crippen LogP contribution in [0.15, 0.2) is 66.2 Å². The Kier molecular flexibility index (Phi) is 5.63. The Morgan fingerprint density at radius 1 is 1.33 bits per heavy atom. The van der Waals surface area contributed by atoms with Crippen LogP contribution in [0.1, 0.15) is 5.56 Å². The standard InChI is InChI=1S/C19H14ClN3O3S/c1-2-11-22-16-9-8-14(23(25)26)12-17(16)27-19(22)21-18(24)10-7-13-5-3-4-6-15(13)20/h2-10,12H,1,11H2/b10-7+,21-19?. The van der Waals surface area contributed by atoms with Crippen LogP contribution in [-0.4, -0.2) is 15.4 Å². The number of rotatable bonds is 5. The van der Waals surface area contributed by atoms with Crippen LogP contribution in [0.25, 0.3) is 16.3 Å². The number of non-ortho nitro benzene ring substituents is 1. The van der Waals surface area contributed by atoms with E-state index in [1.165, 1.54) is 29.5 Å². The normalized spacial score (nSPS) is 12.0. The highest BCUT2D eigenvalue weighted by Gasteiger charge is 2.11. The lowest BCUT2D eigenvalue weighted by atomic mass is 10.2. The van der Waals surface area contributed by atoms with Crippen molar-refractivity contribution in [2.75, 3.05) is 0 Å². The van der Waals surface area contributed by atoms with E-state index in [1.807, 2.05) is 6.07 Å². The molecule has 0 fully saturated rings. The molecule has 3 rings (SSSR count). The van der Waals surface area contributed by atoms with Gasteiger partial charge in [-0.3, -0.25) is 14.9 Å². The number of hydrogen-bond acceptors (Lipinski definition) is 4. The number of nitro groups is 1. The second-order valence-corrected chi connectivity index (χ2v) is 6.91. The van der Waals surface area contributed by atoms with Crippen molar-refractivity contribution in [3.8, 4) is 0 Å². The highest BCUT2D eigenvalue weighted by atomic mass is 35.5. The molecule has 1 heterocycles. The molecule has 0 atom stereocenters. The van der Waals surface area contributed by atoms with Crippen molar-refractivity contribution >= 4 is 50.8 Å². The summed E-state index contributed by atoms with van der Waals surface area (Å²) < 4.78 is 2.46. The van der Waals surface area contributed by atoms with Gasteiger partial charge in [0.2, 0.25) is 0 Å². The largest absolute Gasteiger partial charge is 0.312 e. The number of allylic oxidation sites excluding steroid dienone is 1. The van der Waals surface area contributed by atoms with Crippen molar-refractivity contribution in [3.05, 3.63) is 86.7 Å². The van der Waals surface area contributed by atoms with E-state index in [1.54, 1.807) is 41.0 Å². The van der Waals surface area contributed by atoms with Crippen molar-refractivity contribution in [2.24, 2.45) is 4.99 Å². The van der Waals surface area contributed by atoms with E-state index in [2.05, 4.69) is 11.6 Å². The smallest absolute Gasteiger partial charge is 0.272 e. The minimum absolute atomic E-state index is 0.00834. The van der Waals surface area contributed by atoms with Gasteiger partial charge in [0, 0.05) is 29.8 Å². The van der Waals surface area contributed by atoms with E-state index < -0.39 is 10.8 Å². The highest BCUT2D eigenvalue weighted by Crippen LogP contribution is 2.23. The Labute approximate surface area is 163 Å². The number of fused-ring (bicyclic) bond motifs is 1. The number of halogens is 1. The molecule has 0 spiro atoms. The molecule has 2 aromatic carbocycles. The minimum Gasteiger partial charge on any atom is -0.312 e. The number of carbonyl (C=O) groups excluding carboxylic acids is 1. The first-order valence-electron chi connectivity index (χ1n) is 7.89. The molecule has 6 nitrogen and oxygen atoms in total. The molecule has 0 aliphatic heterocycles. The first kappa shape index (κ1) is 18.8. The second-order valence-electron chi connectivity index (χ2n) is 5.50. The Bertz CT molecular complexity index is 1140. The molecule has 0 bridgehead atoms. The number of thiazole rings is 1. The fourth-order valence-electron chi connectivity index (χ4n) is 2.47. The van der Waals surface area contributed by atoms with Gasteiger partial charge >= 0.3 is 0 Å². The number of amides is 1. The zero-order valence-electron chi connectivity index (χ0n) is 14.0. The molecular weight excluding hydrogens is 386 g/mol. The molecule has 0 saturated heterocycles. The SMILES string of the molecule is C=CCn1c(=NC(=O)/C=C/c2ccccc2Cl)sc2cc([N+](=O)[O-])ccc21. The molecule has 0 aliphatic carbocycles. The lowest BCUT2D eigenvalue weighted by molar-refractivity contribution is -0.384. The van der Waals surface area contributed by atoms with Gasteiger partial charge in [0.25, 0.3) is 11.6 Å². The zero-order chi connectivity index (χ0) is 19.4. The van der Waals surface area contributed by atoms with Gasteiger partial charge < -0.3 is 4.57 Å². The van der Waals surface area contributed by atoms with Crippen LogP contribution in [0.2, 0.25) is 5.02 Å². The van der Waals surface area contributed by atoms with Crippen LogP contribution in [0.4, 0.5) is 5.69 Å². The minimum atomic E-state index is -0.453. The van der Waals surface area contributed by atoms with Crippen LogP contribution in [0, 0.1) is 10.1 Å². The van der Waals surface area contributed by atoms with Gasteiger partial charge in [-0.25, -0.2) is 0 Å². The fraction of sp³-hybridized carbons (Fsp3) is 0.0526. The van der Waals surface area contributed by atoms with Crippen molar-refractivity contribution in [2.45, 2.75) is 6.54 Å². The van der Waals surface area contributed by atoms with Gasteiger partial charge in [-0.2, -0.15) is 4.99 Å². The summed E-state index contributed by atoms with van der Waals surface area (Å²) in [7, 11) is 0. The number of carbonyl (C=O) groups is 1. The predicted molar refractivity (Wildman–Crippen MR) is 108 cm³/mol. The van der Waals surface area contributed by atoms with Gasteiger partial charge in [0.15, 0.2) is 4.80 Å². The van der Waals surface area contributed by atoms with Crippen LogP contribution >= 0.6 is 22.9 Å². The summed E-state index contributed by atoms with van der Waals surface area (Å²) in [6.45, 7) is 4.14. The third-order valence-corrected chi connectivity index (χ3v) is 5.09. The predicted octanol–water partition coefficient (Wildman–Crippen LogP) is 4.59. The lowest BCUT2D eigenvalue weighted by Crippen LogP contribution is -2.15. The summed E-state index contributed by atoms with van der Waals surface area (Å²) in [6, 6.07) is 11.7. The number of hydrogen-bond donors (Lipinski definition) is 0. The molecule has 136 valence electrons. The van der Waals surface area contributed by atoms with Crippen LogP contribution in [0.3, 0.4) is 0 Å². The first-order valence-corrected chi connectivity index (χ1v) is 9.09. The quantitative estimate of drug-likeness (QED) is 0.272. The van der Waals surface area contributed by atoms with E-state index in [-0.39, 0.29) is 5.69 Å². The van der Waals surface area contributed by atoms with E-state index in [4.69, 9.17) is 11.6 Å². The third-order valence-electron chi connectivity index (χ3n) is 3.71. The summed E-state index contributed by atoms with van der Waals surface area (Å²) in [5.41, 5.74) is 1.46. The Balaban J connectivity index is 2.02. The van der Waals surface area contributed by atoms with Crippen molar-refractivity contribution in [1.29, 1.82) is 0 Å². The van der Waals surface area contributed by atoms with Crippen LogP contribution < -0.4 is 4.80 Å². The Hall–Kier alpha value is -3.03. The van der Waals surface area contributed by atoms with Gasteiger partial charge in [-0.1, -0.05) is 47.2 Å². The molecule has 0 N–H and O–H groups in total. The zero-order valence-corrected chi connectivity index (χ0v) is 15.6. The summed E-state index contributed by atoms with van der Waals surface area (Å²) >= 11 is 7.28. The molecule has 1 amide bonds. The second kappa shape index (κ2) is 8.11. The third kappa shape index (κ3) is 4.21. The van der Waals surface area contributed by atoms with Gasteiger partial charge in [-0.15, -0.1) is 6.58 Å². The van der Waals surface area contributed by atoms with Crippen molar-refractivity contribution in [1.82, 2.24) is 4.57 Å². The number of benzene rings is 2. The molecule has 27 heavy (non-hydrogen) atoms. The lowest BCUT2D eigenvalue weighted by Gasteiger charge is -2.00. The molecule has 1 aromatic heterocycles. The molecule has 0 unspecified atom stereocenters. The Morgan fingerprint density at radius 2 is 2.11 bits per heavy atom. The highest BCUT2D eigenvalue weighted by molar-refractivity contribution is 7.16. The van der Waals surface area contributed by atoms with Crippen molar-refractivity contribution < 1.29 is 9.72 Å². The number of aromatic nitrogens is 1. The maximum atomic E-state index is 12.3. The molecule has 0 radical (unpaired) electrons. The first-order chi connectivity index (χ1) is 13.0. The van der Waals surface area contributed by atoms with E-state index in [9.17, 15) is 14.9 Å². The van der Waals surface area contributed by atoms with Crippen molar-refractivity contribution in [3.63, 3.8) is 0 Å². The van der Waals surface area contributed by atoms with E-state index in [0.29, 0.717) is 26.6 Å². The molecule has 8 heteroatoms. The maximum Gasteiger partial charge on any atom is 0.272 e. The summed E-state index contributed by atoms with van der Waals surface area (Å²) in [5.74, 6) is -0.450.